The molecule has 0 aliphatic rings. The van der Waals surface area contributed by atoms with E-state index in [2.05, 4.69) is 18.8 Å². The van der Waals surface area contributed by atoms with Crippen LogP contribution in [-0.4, -0.2) is 37.1 Å². The molecule has 27 heavy (non-hydrogen) atoms. The third-order valence-electron chi connectivity index (χ3n) is 4.61. The van der Waals surface area contributed by atoms with E-state index in [0.717, 1.165) is 19.6 Å². The number of likely N-dealkylation sites (N-methyl/N-ethyl adjacent to an activating group) is 1. The zero-order chi connectivity index (χ0) is 19.4. The van der Waals surface area contributed by atoms with Crippen molar-refractivity contribution in [1.82, 2.24) is 4.98 Å². The topological polar surface area (TPSA) is 37.6 Å². The van der Waals surface area contributed by atoms with Gasteiger partial charge in [-0.25, -0.2) is 13.8 Å². The fourth-order valence-electron chi connectivity index (χ4n) is 2.92. The first-order valence-corrected chi connectivity index (χ1v) is 9.81. The highest BCUT2D eigenvalue weighted by molar-refractivity contribution is 7.22. The number of benzene rings is 2. The third-order valence-corrected chi connectivity index (χ3v) is 5.66. The Hall–Kier alpha value is -2.38. The van der Waals surface area contributed by atoms with E-state index in [4.69, 9.17) is 0 Å². The maximum Gasteiger partial charge on any atom is 0.260 e. The van der Waals surface area contributed by atoms with Crippen molar-refractivity contribution in [3.8, 4) is 0 Å². The monoisotopic (exact) mass is 390 g/mol. The van der Waals surface area contributed by atoms with E-state index in [0.29, 0.717) is 21.9 Å². The lowest BCUT2D eigenvalue weighted by Gasteiger charge is -2.23. The van der Waals surface area contributed by atoms with Gasteiger partial charge in [-0.1, -0.05) is 17.4 Å². The van der Waals surface area contributed by atoms with Crippen LogP contribution in [0.3, 0.4) is 0 Å². The zero-order valence-electron chi connectivity index (χ0n) is 15.3. The van der Waals surface area contributed by atoms with E-state index in [9.17, 15) is 13.6 Å². The molecule has 0 aliphatic carbocycles. The summed E-state index contributed by atoms with van der Waals surface area (Å²) in [6, 6.07) is 10.2. The van der Waals surface area contributed by atoms with Crippen LogP contribution < -0.4 is 9.80 Å². The summed E-state index contributed by atoms with van der Waals surface area (Å²) in [4.78, 5) is 20.4. The van der Waals surface area contributed by atoms with Crippen LogP contribution in [-0.2, 0) is 0 Å². The SMILES string of the molecule is CC[NH+](CC)CCN(C(=O)c1ccc(F)cc1)c1nc2c(F)cccc2s1. The quantitative estimate of drug-likeness (QED) is 0.673. The first-order chi connectivity index (χ1) is 13.0. The predicted molar refractivity (Wildman–Crippen MR) is 105 cm³/mol. The van der Waals surface area contributed by atoms with Crippen molar-refractivity contribution in [3.63, 3.8) is 0 Å². The molecule has 0 saturated carbocycles. The number of nitrogens with one attached hydrogen (secondary N) is 1. The molecule has 1 N–H and O–H groups in total. The van der Waals surface area contributed by atoms with Crippen molar-refractivity contribution in [1.29, 1.82) is 0 Å². The molecule has 1 aromatic heterocycles. The van der Waals surface area contributed by atoms with Crippen LogP contribution in [0, 0.1) is 11.6 Å². The molecule has 2 aromatic carbocycles. The van der Waals surface area contributed by atoms with Crippen LogP contribution in [0.4, 0.5) is 13.9 Å². The number of para-hydroxylation sites is 1. The molecule has 0 fully saturated rings. The van der Waals surface area contributed by atoms with Gasteiger partial charge in [-0.05, 0) is 50.2 Å². The minimum atomic E-state index is -0.404. The van der Waals surface area contributed by atoms with Gasteiger partial charge in [0, 0.05) is 5.56 Å². The first-order valence-electron chi connectivity index (χ1n) is 8.99. The van der Waals surface area contributed by atoms with Gasteiger partial charge in [0.1, 0.15) is 17.2 Å². The summed E-state index contributed by atoms with van der Waals surface area (Å²) in [7, 11) is 0. The standard InChI is InChI=1S/C20H21F2N3OS/c1-3-24(4-2)12-13-25(19(26)14-8-10-15(21)11-9-14)20-23-18-16(22)6-5-7-17(18)27-20/h5-11H,3-4,12-13H2,1-2H3/p+1. The van der Waals surface area contributed by atoms with Crippen molar-refractivity contribution in [2.75, 3.05) is 31.1 Å². The maximum atomic E-state index is 14.0. The molecule has 3 aromatic rings. The van der Waals surface area contributed by atoms with Gasteiger partial charge < -0.3 is 4.90 Å². The Balaban J connectivity index is 1.96. The molecule has 0 unspecified atom stereocenters. The van der Waals surface area contributed by atoms with Crippen molar-refractivity contribution in [2.24, 2.45) is 0 Å². The molecule has 4 nitrogen and oxygen atoms in total. The van der Waals surface area contributed by atoms with Crippen LogP contribution in [0.5, 0.6) is 0 Å². The van der Waals surface area contributed by atoms with Crippen LogP contribution in [0.2, 0.25) is 0 Å². The number of rotatable bonds is 7. The Morgan fingerprint density at radius 2 is 1.81 bits per heavy atom. The number of nitrogens with zero attached hydrogens (tertiary/aromatic N) is 2. The molecule has 3 rings (SSSR count). The van der Waals surface area contributed by atoms with Crippen LogP contribution >= 0.6 is 11.3 Å². The minimum absolute atomic E-state index is 0.263. The number of quaternary nitrogens is 1. The highest BCUT2D eigenvalue weighted by Gasteiger charge is 2.23. The van der Waals surface area contributed by atoms with Gasteiger partial charge in [0.25, 0.3) is 5.91 Å². The lowest BCUT2D eigenvalue weighted by Crippen LogP contribution is -3.12. The van der Waals surface area contributed by atoms with Crippen molar-refractivity contribution in [2.45, 2.75) is 13.8 Å². The number of carbonyl (C=O) groups is 1. The molecule has 0 radical (unpaired) electrons. The van der Waals surface area contributed by atoms with Crippen molar-refractivity contribution >= 4 is 32.6 Å². The van der Waals surface area contributed by atoms with E-state index in [1.165, 1.54) is 46.6 Å². The molecule has 1 amide bonds. The number of thiazole rings is 1. The van der Waals surface area contributed by atoms with E-state index in [1.54, 1.807) is 17.0 Å². The molecular weight excluding hydrogens is 368 g/mol. The summed E-state index contributed by atoms with van der Waals surface area (Å²) in [5.41, 5.74) is 0.648. The number of anilines is 1. The number of halogens is 2. The van der Waals surface area contributed by atoms with Gasteiger partial charge in [0.15, 0.2) is 5.13 Å². The van der Waals surface area contributed by atoms with Crippen molar-refractivity contribution in [3.05, 3.63) is 59.7 Å². The Morgan fingerprint density at radius 3 is 2.44 bits per heavy atom. The lowest BCUT2D eigenvalue weighted by molar-refractivity contribution is -0.894. The fraction of sp³-hybridized carbons (Fsp3) is 0.300. The van der Waals surface area contributed by atoms with Crippen LogP contribution in [0.25, 0.3) is 10.2 Å². The molecule has 0 aliphatic heterocycles. The average molecular weight is 390 g/mol. The normalized spacial score (nSPS) is 11.3. The predicted octanol–water partition coefficient (Wildman–Crippen LogP) is 3.15. The van der Waals surface area contributed by atoms with E-state index >= 15 is 0 Å². The van der Waals surface area contributed by atoms with E-state index in [-0.39, 0.29) is 11.4 Å². The zero-order valence-corrected chi connectivity index (χ0v) is 16.2. The van der Waals surface area contributed by atoms with E-state index < -0.39 is 11.6 Å². The Morgan fingerprint density at radius 1 is 1.11 bits per heavy atom. The minimum Gasteiger partial charge on any atom is -0.334 e. The number of hydrogen-bond acceptors (Lipinski definition) is 3. The van der Waals surface area contributed by atoms with Gasteiger partial charge in [-0.2, -0.15) is 0 Å². The van der Waals surface area contributed by atoms with Crippen LogP contribution in [0.1, 0.15) is 24.2 Å². The number of aromatic nitrogens is 1. The van der Waals surface area contributed by atoms with Gasteiger partial charge in [0.05, 0.1) is 30.9 Å². The molecule has 0 spiro atoms. The largest absolute Gasteiger partial charge is 0.334 e. The maximum absolute atomic E-state index is 14.0. The number of fused-ring (bicyclic) bond motifs is 1. The molecule has 142 valence electrons. The Bertz CT molecular complexity index is 923. The van der Waals surface area contributed by atoms with Gasteiger partial charge in [-0.15, -0.1) is 0 Å². The number of hydrogen-bond donors (Lipinski definition) is 1. The number of amides is 1. The molecular formula is C20H22F2N3OS+. The van der Waals surface area contributed by atoms with Crippen molar-refractivity contribution < 1.29 is 18.5 Å². The van der Waals surface area contributed by atoms with E-state index in [1.807, 2.05) is 0 Å². The summed E-state index contributed by atoms with van der Waals surface area (Å²) >= 11 is 1.28. The van der Waals surface area contributed by atoms with Gasteiger partial charge in [-0.3, -0.25) is 9.69 Å². The molecule has 7 heteroatoms. The highest BCUT2D eigenvalue weighted by Crippen LogP contribution is 2.30. The third kappa shape index (κ3) is 4.31. The summed E-state index contributed by atoms with van der Waals surface area (Å²) in [5, 5.41) is 0.455. The summed E-state index contributed by atoms with van der Waals surface area (Å²) in [6.45, 7) is 7.29. The summed E-state index contributed by atoms with van der Waals surface area (Å²) in [6.07, 6.45) is 0. The lowest BCUT2D eigenvalue weighted by atomic mass is 10.2. The number of carbonyl (C=O) groups excluding carboxylic acids is 1. The second-order valence-electron chi connectivity index (χ2n) is 6.25. The fourth-order valence-corrected chi connectivity index (χ4v) is 3.93. The molecule has 0 bridgehead atoms. The molecule has 1 heterocycles. The van der Waals surface area contributed by atoms with Crippen LogP contribution in [0.15, 0.2) is 42.5 Å². The second kappa shape index (κ2) is 8.54. The Labute approximate surface area is 161 Å². The summed E-state index contributed by atoms with van der Waals surface area (Å²) < 4.78 is 28.0. The highest BCUT2D eigenvalue weighted by atomic mass is 32.1. The summed E-state index contributed by atoms with van der Waals surface area (Å²) in [5.74, 6) is -1.06. The Kier molecular flexibility index (Phi) is 6.13. The average Bonchev–Trinajstić information content (AvgIpc) is 3.11. The van der Waals surface area contributed by atoms with Gasteiger partial charge in [0.2, 0.25) is 0 Å². The molecule has 0 atom stereocenters. The van der Waals surface area contributed by atoms with Gasteiger partial charge >= 0.3 is 0 Å². The smallest absolute Gasteiger partial charge is 0.260 e. The molecule has 0 saturated heterocycles. The second-order valence-corrected chi connectivity index (χ2v) is 7.26. The first kappa shape index (κ1) is 19.4.